The van der Waals surface area contributed by atoms with Crippen LogP contribution in [0.15, 0.2) is 53.4 Å². The molecule has 23 heavy (non-hydrogen) atoms. The van der Waals surface area contributed by atoms with Gasteiger partial charge in [0.1, 0.15) is 5.82 Å². The van der Waals surface area contributed by atoms with Crippen LogP contribution in [-0.4, -0.2) is 32.4 Å². The first-order valence-electron chi connectivity index (χ1n) is 7.41. The van der Waals surface area contributed by atoms with Crippen LogP contribution in [0.3, 0.4) is 0 Å². The molecule has 0 radical (unpaired) electrons. The number of morpholine rings is 1. The lowest BCUT2D eigenvalue weighted by Crippen LogP contribution is -2.42. The number of halogens is 1. The highest BCUT2D eigenvalue weighted by Crippen LogP contribution is 2.26. The molecule has 4 nitrogen and oxygen atoms in total. The molecule has 0 bridgehead atoms. The van der Waals surface area contributed by atoms with Crippen LogP contribution in [0.25, 0.3) is 0 Å². The van der Waals surface area contributed by atoms with Crippen molar-refractivity contribution in [3.8, 4) is 0 Å². The maximum absolute atomic E-state index is 13.0. The van der Waals surface area contributed by atoms with Gasteiger partial charge in [0.2, 0.25) is 10.0 Å². The summed E-state index contributed by atoms with van der Waals surface area (Å²) in [4.78, 5) is 0.289. The molecule has 2 aromatic rings. The molecule has 1 unspecified atom stereocenters. The minimum Gasteiger partial charge on any atom is -0.371 e. The fourth-order valence-corrected chi connectivity index (χ4v) is 4.18. The van der Waals surface area contributed by atoms with Crippen LogP contribution in [-0.2, 0) is 14.8 Å². The van der Waals surface area contributed by atoms with Crippen LogP contribution in [0.1, 0.15) is 17.2 Å². The average Bonchev–Trinajstić information content (AvgIpc) is 2.56. The molecule has 0 spiro atoms. The molecule has 2 aromatic carbocycles. The highest BCUT2D eigenvalue weighted by molar-refractivity contribution is 7.89. The summed E-state index contributed by atoms with van der Waals surface area (Å²) in [6.45, 7) is 2.71. The largest absolute Gasteiger partial charge is 0.371 e. The van der Waals surface area contributed by atoms with Crippen LogP contribution in [0.5, 0.6) is 0 Å². The smallest absolute Gasteiger partial charge is 0.243 e. The number of hydrogen-bond donors (Lipinski definition) is 0. The van der Waals surface area contributed by atoms with E-state index in [4.69, 9.17) is 4.74 Å². The second-order valence-corrected chi connectivity index (χ2v) is 7.53. The minimum absolute atomic E-state index is 0.224. The molecule has 1 aliphatic rings. The van der Waals surface area contributed by atoms with Gasteiger partial charge in [-0.2, -0.15) is 4.31 Å². The van der Waals surface area contributed by atoms with Gasteiger partial charge in [0.05, 0.1) is 17.6 Å². The predicted molar refractivity (Wildman–Crippen MR) is 85.0 cm³/mol. The van der Waals surface area contributed by atoms with E-state index in [2.05, 4.69) is 0 Å². The van der Waals surface area contributed by atoms with Crippen LogP contribution in [0, 0.1) is 12.7 Å². The number of ether oxygens (including phenoxy) is 1. The normalized spacial score (nSPS) is 19.7. The maximum atomic E-state index is 13.0. The number of benzene rings is 2. The van der Waals surface area contributed by atoms with Gasteiger partial charge in [0.15, 0.2) is 0 Å². The first-order chi connectivity index (χ1) is 11.0. The SMILES string of the molecule is Cc1cccc(S(=O)(=O)N2CCOC(c3ccc(F)cc3)C2)c1. The molecule has 0 amide bonds. The lowest BCUT2D eigenvalue weighted by molar-refractivity contribution is -0.00258. The highest BCUT2D eigenvalue weighted by Gasteiger charge is 2.31. The molecule has 1 atom stereocenters. The Hall–Kier alpha value is -1.76. The van der Waals surface area contributed by atoms with E-state index in [1.54, 1.807) is 30.3 Å². The van der Waals surface area contributed by atoms with E-state index < -0.39 is 10.0 Å². The van der Waals surface area contributed by atoms with Crippen LogP contribution >= 0.6 is 0 Å². The molecule has 122 valence electrons. The minimum atomic E-state index is -3.55. The molecule has 6 heteroatoms. The van der Waals surface area contributed by atoms with Gasteiger partial charge in [0.25, 0.3) is 0 Å². The van der Waals surface area contributed by atoms with Crippen molar-refractivity contribution in [2.45, 2.75) is 17.9 Å². The quantitative estimate of drug-likeness (QED) is 0.866. The van der Waals surface area contributed by atoms with Crippen molar-refractivity contribution in [3.05, 3.63) is 65.5 Å². The summed E-state index contributed by atoms with van der Waals surface area (Å²) in [6, 6.07) is 12.8. The molecule has 0 N–H and O–H groups in total. The van der Waals surface area contributed by atoms with Crippen molar-refractivity contribution < 1.29 is 17.5 Å². The molecule has 1 heterocycles. The van der Waals surface area contributed by atoms with Gasteiger partial charge in [-0.15, -0.1) is 0 Å². The summed E-state index contributed by atoms with van der Waals surface area (Å²) in [5.41, 5.74) is 1.67. The Morgan fingerprint density at radius 3 is 2.61 bits per heavy atom. The Morgan fingerprint density at radius 1 is 1.17 bits per heavy atom. The maximum Gasteiger partial charge on any atom is 0.243 e. The lowest BCUT2D eigenvalue weighted by atomic mass is 10.1. The first-order valence-corrected chi connectivity index (χ1v) is 8.85. The third-order valence-corrected chi connectivity index (χ3v) is 5.76. The second kappa shape index (κ2) is 6.39. The second-order valence-electron chi connectivity index (χ2n) is 5.59. The molecule has 1 aliphatic heterocycles. The third-order valence-electron chi connectivity index (χ3n) is 3.90. The molecule has 0 aromatic heterocycles. The van der Waals surface area contributed by atoms with E-state index in [-0.39, 0.29) is 23.4 Å². The lowest BCUT2D eigenvalue weighted by Gasteiger charge is -2.32. The van der Waals surface area contributed by atoms with Gasteiger partial charge in [-0.25, -0.2) is 12.8 Å². The van der Waals surface area contributed by atoms with Crippen LogP contribution in [0.4, 0.5) is 4.39 Å². The summed E-state index contributed by atoms with van der Waals surface area (Å²) in [6.07, 6.45) is -0.385. The molecule has 1 fully saturated rings. The fraction of sp³-hybridized carbons (Fsp3) is 0.294. The molecular weight excluding hydrogens is 317 g/mol. The van der Waals surface area contributed by atoms with Gasteiger partial charge in [-0.05, 0) is 42.3 Å². The summed E-state index contributed by atoms with van der Waals surface area (Å²) in [7, 11) is -3.55. The Kier molecular flexibility index (Phi) is 4.48. The fourth-order valence-electron chi connectivity index (χ4n) is 2.65. The average molecular weight is 335 g/mol. The van der Waals surface area contributed by atoms with E-state index in [1.165, 1.54) is 16.4 Å². The molecule has 0 aliphatic carbocycles. The molecule has 3 rings (SSSR count). The zero-order chi connectivity index (χ0) is 16.4. The van der Waals surface area contributed by atoms with E-state index in [0.29, 0.717) is 13.2 Å². The summed E-state index contributed by atoms with van der Waals surface area (Å²) < 4.78 is 45.7. The van der Waals surface area contributed by atoms with E-state index in [0.717, 1.165) is 11.1 Å². The summed E-state index contributed by atoms with van der Waals surface area (Å²) in [5, 5.41) is 0. The van der Waals surface area contributed by atoms with E-state index in [9.17, 15) is 12.8 Å². The van der Waals surface area contributed by atoms with Gasteiger partial charge in [-0.3, -0.25) is 0 Å². The van der Waals surface area contributed by atoms with Crippen molar-refractivity contribution in [1.29, 1.82) is 0 Å². The van der Waals surface area contributed by atoms with E-state index in [1.807, 2.05) is 13.0 Å². The predicted octanol–water partition coefficient (Wildman–Crippen LogP) is 2.90. The molecule has 0 saturated carbocycles. The zero-order valence-electron chi connectivity index (χ0n) is 12.8. The Balaban J connectivity index is 1.84. The summed E-state index contributed by atoms with van der Waals surface area (Å²) >= 11 is 0. The zero-order valence-corrected chi connectivity index (χ0v) is 13.6. The Bertz CT molecular complexity index is 790. The number of nitrogens with zero attached hydrogens (tertiary/aromatic N) is 1. The van der Waals surface area contributed by atoms with Crippen LogP contribution in [0.2, 0.25) is 0 Å². The Labute approximate surface area is 135 Å². The van der Waals surface area contributed by atoms with Crippen molar-refractivity contribution >= 4 is 10.0 Å². The number of rotatable bonds is 3. The van der Waals surface area contributed by atoms with E-state index >= 15 is 0 Å². The first kappa shape index (κ1) is 16.1. The van der Waals surface area contributed by atoms with Gasteiger partial charge < -0.3 is 4.74 Å². The highest BCUT2D eigenvalue weighted by atomic mass is 32.2. The number of hydrogen-bond acceptors (Lipinski definition) is 3. The van der Waals surface area contributed by atoms with Crippen molar-refractivity contribution in [1.82, 2.24) is 4.31 Å². The van der Waals surface area contributed by atoms with Gasteiger partial charge >= 0.3 is 0 Å². The van der Waals surface area contributed by atoms with Crippen LogP contribution < -0.4 is 0 Å². The molecule has 1 saturated heterocycles. The molecular formula is C17H18FNO3S. The van der Waals surface area contributed by atoms with Crippen molar-refractivity contribution in [3.63, 3.8) is 0 Å². The standard InChI is InChI=1S/C17H18FNO3S/c1-13-3-2-4-16(11-13)23(20,21)19-9-10-22-17(12-19)14-5-7-15(18)8-6-14/h2-8,11,17H,9-10,12H2,1H3. The topological polar surface area (TPSA) is 46.6 Å². The monoisotopic (exact) mass is 335 g/mol. The number of aryl methyl sites for hydroxylation is 1. The van der Waals surface area contributed by atoms with Crippen molar-refractivity contribution in [2.24, 2.45) is 0 Å². The van der Waals surface area contributed by atoms with Gasteiger partial charge in [-0.1, -0.05) is 24.3 Å². The van der Waals surface area contributed by atoms with Gasteiger partial charge in [0, 0.05) is 13.1 Å². The summed E-state index contributed by atoms with van der Waals surface area (Å²) in [5.74, 6) is -0.325. The Morgan fingerprint density at radius 2 is 1.91 bits per heavy atom. The third kappa shape index (κ3) is 3.44. The number of sulfonamides is 1. The van der Waals surface area contributed by atoms with Crippen molar-refractivity contribution in [2.75, 3.05) is 19.7 Å².